The fourth-order valence-electron chi connectivity index (χ4n) is 3.37. The van der Waals surface area contributed by atoms with Crippen LogP contribution in [0.2, 0.25) is 10.0 Å². The third-order valence-electron chi connectivity index (χ3n) is 5.10. The molecule has 0 aliphatic carbocycles. The molecule has 2 aromatic carbocycles. The van der Waals surface area contributed by atoms with Gasteiger partial charge in [-0.1, -0.05) is 23.2 Å². The fourth-order valence-corrected chi connectivity index (χ4v) is 6.03. The van der Waals surface area contributed by atoms with Gasteiger partial charge in [-0.3, -0.25) is 9.10 Å². The second kappa shape index (κ2) is 11.1. The van der Waals surface area contributed by atoms with Crippen molar-refractivity contribution in [2.75, 3.05) is 43.3 Å². The molecule has 0 aromatic heterocycles. The van der Waals surface area contributed by atoms with E-state index in [1.165, 1.54) is 34.6 Å². The zero-order chi connectivity index (χ0) is 24.9. The maximum absolute atomic E-state index is 12.6. The zero-order valence-electron chi connectivity index (χ0n) is 18.4. The SMILES string of the molecule is CS(=O)(=O)N(CC(=O)NCCOc1ccc(S(=O)(=O)N2CCCC2)cc1)c1ccc(Cl)c(Cl)c1. The molecule has 13 heteroatoms. The summed E-state index contributed by atoms with van der Waals surface area (Å²) in [7, 11) is -7.24. The van der Waals surface area contributed by atoms with E-state index in [9.17, 15) is 21.6 Å². The number of benzene rings is 2. The molecule has 1 amide bonds. The van der Waals surface area contributed by atoms with E-state index in [0.717, 1.165) is 23.4 Å². The van der Waals surface area contributed by atoms with Gasteiger partial charge in [-0.2, -0.15) is 4.31 Å². The van der Waals surface area contributed by atoms with E-state index in [1.807, 2.05) is 0 Å². The van der Waals surface area contributed by atoms with Crippen molar-refractivity contribution in [1.29, 1.82) is 0 Å². The van der Waals surface area contributed by atoms with E-state index in [2.05, 4.69) is 5.32 Å². The minimum atomic E-state index is -3.75. The maximum atomic E-state index is 12.6. The van der Waals surface area contributed by atoms with Crippen molar-refractivity contribution in [1.82, 2.24) is 9.62 Å². The average Bonchev–Trinajstić information content (AvgIpc) is 3.33. The molecule has 0 saturated carbocycles. The first-order valence-electron chi connectivity index (χ1n) is 10.4. The fraction of sp³-hybridized carbons (Fsp3) is 0.381. The second-order valence-corrected chi connectivity index (χ2v) is 12.3. The molecular weight excluding hydrogens is 525 g/mol. The van der Waals surface area contributed by atoms with Crippen LogP contribution in [0.4, 0.5) is 5.69 Å². The maximum Gasteiger partial charge on any atom is 0.243 e. The lowest BCUT2D eigenvalue weighted by molar-refractivity contribution is -0.119. The number of rotatable bonds is 10. The van der Waals surface area contributed by atoms with Gasteiger partial charge >= 0.3 is 0 Å². The van der Waals surface area contributed by atoms with Gasteiger partial charge in [-0.15, -0.1) is 0 Å². The van der Waals surface area contributed by atoms with E-state index >= 15 is 0 Å². The van der Waals surface area contributed by atoms with Crippen LogP contribution in [0.25, 0.3) is 0 Å². The Balaban J connectivity index is 1.51. The number of ether oxygens (including phenoxy) is 1. The van der Waals surface area contributed by atoms with Crippen molar-refractivity contribution >= 4 is 54.8 Å². The van der Waals surface area contributed by atoms with E-state index in [0.29, 0.717) is 18.8 Å². The van der Waals surface area contributed by atoms with Gasteiger partial charge in [0.2, 0.25) is 26.0 Å². The average molecular weight is 550 g/mol. The standard InChI is InChI=1S/C21H25Cl2N3O6S2/c1-33(28,29)26(16-4-9-19(22)20(23)14-16)15-21(27)24-10-13-32-17-5-7-18(8-6-17)34(30,31)25-11-2-3-12-25/h4-9,14H,2-3,10-13,15H2,1H3,(H,24,27). The van der Waals surface area contributed by atoms with Crippen molar-refractivity contribution in [3.8, 4) is 5.75 Å². The molecular formula is C21H25Cl2N3O6S2. The Hall–Kier alpha value is -2.05. The third kappa shape index (κ3) is 6.76. The highest BCUT2D eigenvalue weighted by Crippen LogP contribution is 2.28. The van der Waals surface area contributed by atoms with E-state index < -0.39 is 32.5 Å². The summed E-state index contributed by atoms with van der Waals surface area (Å²) in [5.41, 5.74) is 0.215. The molecule has 0 radical (unpaired) electrons. The summed E-state index contributed by atoms with van der Waals surface area (Å²) in [5, 5.41) is 3.03. The summed E-state index contributed by atoms with van der Waals surface area (Å²) in [6.07, 6.45) is 2.71. The quantitative estimate of drug-likeness (QED) is 0.456. The summed E-state index contributed by atoms with van der Waals surface area (Å²) < 4.78 is 57.4. The van der Waals surface area contributed by atoms with Crippen LogP contribution in [0, 0.1) is 0 Å². The highest BCUT2D eigenvalue weighted by molar-refractivity contribution is 7.92. The zero-order valence-corrected chi connectivity index (χ0v) is 21.6. The Bertz CT molecular complexity index is 1230. The van der Waals surface area contributed by atoms with Crippen LogP contribution >= 0.6 is 23.2 Å². The number of sulfonamides is 2. The third-order valence-corrected chi connectivity index (χ3v) is 8.89. The largest absolute Gasteiger partial charge is 0.492 e. The van der Waals surface area contributed by atoms with Gasteiger partial charge in [-0.05, 0) is 55.3 Å². The predicted molar refractivity (Wildman–Crippen MR) is 132 cm³/mol. The lowest BCUT2D eigenvalue weighted by atomic mass is 10.3. The van der Waals surface area contributed by atoms with Crippen LogP contribution in [-0.2, 0) is 24.8 Å². The van der Waals surface area contributed by atoms with Crippen molar-refractivity contribution in [3.05, 3.63) is 52.5 Å². The highest BCUT2D eigenvalue weighted by Gasteiger charge is 2.27. The molecule has 0 atom stereocenters. The second-order valence-electron chi connectivity index (χ2n) is 7.65. The van der Waals surface area contributed by atoms with Crippen molar-refractivity contribution < 1.29 is 26.4 Å². The highest BCUT2D eigenvalue weighted by atomic mass is 35.5. The monoisotopic (exact) mass is 549 g/mol. The number of hydrogen-bond acceptors (Lipinski definition) is 6. The first-order chi connectivity index (χ1) is 16.0. The van der Waals surface area contributed by atoms with Gasteiger partial charge in [0, 0.05) is 13.1 Å². The molecule has 34 heavy (non-hydrogen) atoms. The molecule has 1 aliphatic rings. The van der Waals surface area contributed by atoms with Gasteiger partial charge in [0.15, 0.2) is 0 Å². The molecule has 186 valence electrons. The Morgan fingerprint density at radius 1 is 1.03 bits per heavy atom. The van der Waals surface area contributed by atoms with Gasteiger partial charge in [0.25, 0.3) is 0 Å². The molecule has 3 rings (SSSR count). The minimum Gasteiger partial charge on any atom is -0.492 e. The number of anilines is 1. The lowest BCUT2D eigenvalue weighted by Gasteiger charge is -2.22. The number of hydrogen-bond donors (Lipinski definition) is 1. The van der Waals surface area contributed by atoms with E-state index in [-0.39, 0.29) is 33.8 Å². The van der Waals surface area contributed by atoms with Gasteiger partial charge in [0.05, 0.1) is 33.4 Å². The van der Waals surface area contributed by atoms with E-state index in [4.69, 9.17) is 27.9 Å². The van der Waals surface area contributed by atoms with Crippen LogP contribution in [-0.4, -0.2) is 66.1 Å². The minimum absolute atomic E-state index is 0.107. The molecule has 1 saturated heterocycles. The van der Waals surface area contributed by atoms with Crippen LogP contribution in [0.3, 0.4) is 0 Å². The lowest BCUT2D eigenvalue weighted by Crippen LogP contribution is -2.41. The summed E-state index contributed by atoms with van der Waals surface area (Å²) in [4.78, 5) is 12.5. The van der Waals surface area contributed by atoms with Crippen molar-refractivity contribution in [2.24, 2.45) is 0 Å². The first kappa shape index (κ1) is 26.6. The Morgan fingerprint density at radius 2 is 1.68 bits per heavy atom. The number of carbonyl (C=O) groups is 1. The van der Waals surface area contributed by atoms with Gasteiger partial charge in [0.1, 0.15) is 18.9 Å². The van der Waals surface area contributed by atoms with Crippen LogP contribution < -0.4 is 14.4 Å². The first-order valence-corrected chi connectivity index (χ1v) is 14.5. The van der Waals surface area contributed by atoms with Crippen LogP contribution in [0.15, 0.2) is 47.4 Å². The molecule has 0 spiro atoms. The van der Waals surface area contributed by atoms with Crippen molar-refractivity contribution in [2.45, 2.75) is 17.7 Å². The van der Waals surface area contributed by atoms with Gasteiger partial charge in [-0.25, -0.2) is 16.8 Å². The molecule has 2 aromatic rings. The predicted octanol–water partition coefficient (Wildman–Crippen LogP) is 2.74. The molecule has 9 nitrogen and oxygen atoms in total. The molecule has 1 N–H and O–H groups in total. The summed E-state index contributed by atoms with van der Waals surface area (Å²) in [5.74, 6) is -0.0876. The summed E-state index contributed by atoms with van der Waals surface area (Å²) in [6, 6.07) is 10.4. The Morgan fingerprint density at radius 3 is 2.26 bits per heavy atom. The number of amides is 1. The van der Waals surface area contributed by atoms with Crippen LogP contribution in [0.1, 0.15) is 12.8 Å². The van der Waals surface area contributed by atoms with Crippen LogP contribution in [0.5, 0.6) is 5.75 Å². The Labute approximate surface area is 209 Å². The Kier molecular flexibility index (Phi) is 8.69. The smallest absolute Gasteiger partial charge is 0.243 e. The normalized spacial score (nSPS) is 14.7. The molecule has 0 unspecified atom stereocenters. The molecule has 1 aliphatic heterocycles. The summed E-state index contributed by atoms with van der Waals surface area (Å²) >= 11 is 11.8. The molecule has 1 heterocycles. The number of carbonyl (C=O) groups excluding carboxylic acids is 1. The number of nitrogens with one attached hydrogen (secondary N) is 1. The van der Waals surface area contributed by atoms with Gasteiger partial charge < -0.3 is 10.1 Å². The topological polar surface area (TPSA) is 113 Å². The van der Waals surface area contributed by atoms with E-state index in [1.54, 1.807) is 12.1 Å². The molecule has 0 bridgehead atoms. The number of halogens is 2. The van der Waals surface area contributed by atoms with Crippen molar-refractivity contribution in [3.63, 3.8) is 0 Å². The molecule has 1 fully saturated rings. The summed E-state index contributed by atoms with van der Waals surface area (Å²) in [6.45, 7) is 0.839. The number of nitrogens with zero attached hydrogens (tertiary/aromatic N) is 2.